The van der Waals surface area contributed by atoms with Crippen LogP contribution < -0.4 is 11.1 Å². The molecule has 0 fully saturated rings. The smallest absolute Gasteiger partial charge is 0.222 e. The molecule has 1 aliphatic heterocycles. The number of primary amides is 1. The highest BCUT2D eigenvalue weighted by Crippen LogP contribution is 2.32. The van der Waals surface area contributed by atoms with E-state index in [0.29, 0.717) is 6.54 Å². The SMILES string of the molecule is CC(=O)N1CCc2ccccc2C1CC(=O)NC(C)(C)CC(N)=O. The van der Waals surface area contributed by atoms with Crippen LogP contribution >= 0.6 is 0 Å². The van der Waals surface area contributed by atoms with Crippen LogP contribution in [0.1, 0.15) is 50.8 Å². The van der Waals surface area contributed by atoms with E-state index in [2.05, 4.69) is 5.32 Å². The highest BCUT2D eigenvalue weighted by molar-refractivity contribution is 5.81. The average Bonchev–Trinajstić information content (AvgIpc) is 2.45. The Hall–Kier alpha value is -2.37. The van der Waals surface area contributed by atoms with Gasteiger partial charge in [0.1, 0.15) is 0 Å². The fourth-order valence-corrected chi connectivity index (χ4v) is 3.33. The lowest BCUT2D eigenvalue weighted by molar-refractivity contribution is -0.133. The summed E-state index contributed by atoms with van der Waals surface area (Å²) in [5.74, 6) is -0.707. The predicted octanol–water partition coefficient (Wildman–Crippen LogP) is 1.29. The molecule has 1 aromatic rings. The van der Waals surface area contributed by atoms with Gasteiger partial charge in [-0.25, -0.2) is 0 Å². The summed E-state index contributed by atoms with van der Waals surface area (Å²) in [6, 6.07) is 7.61. The van der Waals surface area contributed by atoms with E-state index in [-0.39, 0.29) is 30.7 Å². The highest BCUT2D eigenvalue weighted by Gasteiger charge is 2.32. The minimum absolute atomic E-state index is 0.0429. The third-order valence-electron chi connectivity index (χ3n) is 4.29. The second-order valence-corrected chi connectivity index (χ2v) is 6.96. The molecule has 0 aromatic heterocycles. The Balaban J connectivity index is 2.17. The van der Waals surface area contributed by atoms with Gasteiger partial charge < -0.3 is 16.0 Å². The number of benzene rings is 1. The van der Waals surface area contributed by atoms with Crippen LogP contribution in [0.3, 0.4) is 0 Å². The molecule has 1 aliphatic rings. The lowest BCUT2D eigenvalue weighted by Gasteiger charge is -2.37. The molecule has 1 heterocycles. The summed E-state index contributed by atoms with van der Waals surface area (Å²) >= 11 is 0. The van der Waals surface area contributed by atoms with Crippen LogP contribution in [0.2, 0.25) is 0 Å². The number of hydrogen-bond acceptors (Lipinski definition) is 3. The number of rotatable bonds is 5. The Morgan fingerprint density at radius 1 is 1.29 bits per heavy atom. The number of nitrogens with two attached hydrogens (primary N) is 1. The molecule has 3 amide bonds. The summed E-state index contributed by atoms with van der Waals surface area (Å²) in [5, 5.41) is 2.85. The molecule has 2 rings (SSSR count). The van der Waals surface area contributed by atoms with Crippen LogP contribution in [-0.2, 0) is 20.8 Å². The fraction of sp³-hybridized carbons (Fsp3) is 0.500. The Labute approximate surface area is 142 Å². The maximum Gasteiger partial charge on any atom is 0.222 e. The van der Waals surface area contributed by atoms with E-state index in [4.69, 9.17) is 5.73 Å². The number of nitrogens with zero attached hydrogens (tertiary/aromatic N) is 1. The third kappa shape index (κ3) is 4.34. The van der Waals surface area contributed by atoms with E-state index in [1.54, 1.807) is 18.7 Å². The summed E-state index contributed by atoms with van der Waals surface area (Å²) in [5.41, 5.74) is 6.70. The quantitative estimate of drug-likeness (QED) is 0.851. The van der Waals surface area contributed by atoms with Crippen LogP contribution in [0.25, 0.3) is 0 Å². The van der Waals surface area contributed by atoms with Gasteiger partial charge in [-0.1, -0.05) is 24.3 Å². The van der Waals surface area contributed by atoms with Gasteiger partial charge in [0.05, 0.1) is 12.5 Å². The topological polar surface area (TPSA) is 92.5 Å². The average molecular weight is 331 g/mol. The van der Waals surface area contributed by atoms with Gasteiger partial charge in [0.2, 0.25) is 17.7 Å². The minimum atomic E-state index is -0.710. The molecule has 6 nitrogen and oxygen atoms in total. The van der Waals surface area contributed by atoms with Gasteiger partial charge in [-0.3, -0.25) is 14.4 Å². The Morgan fingerprint density at radius 2 is 1.96 bits per heavy atom. The van der Waals surface area contributed by atoms with Crippen molar-refractivity contribution in [3.63, 3.8) is 0 Å². The Bertz CT molecular complexity index is 655. The van der Waals surface area contributed by atoms with Gasteiger partial charge in [-0.2, -0.15) is 0 Å². The van der Waals surface area contributed by atoms with Crippen molar-refractivity contribution in [1.82, 2.24) is 10.2 Å². The molecular weight excluding hydrogens is 306 g/mol. The standard InChI is InChI=1S/C18H25N3O3/c1-12(22)21-9-8-13-6-4-5-7-14(13)15(21)10-17(24)20-18(2,3)11-16(19)23/h4-7,15H,8-11H2,1-3H3,(H2,19,23)(H,20,24). The minimum Gasteiger partial charge on any atom is -0.370 e. The van der Waals surface area contributed by atoms with Gasteiger partial charge in [0.15, 0.2) is 0 Å². The molecule has 3 N–H and O–H groups in total. The lowest BCUT2D eigenvalue weighted by atomic mass is 9.90. The maximum absolute atomic E-state index is 12.5. The van der Waals surface area contributed by atoms with E-state index in [0.717, 1.165) is 12.0 Å². The normalized spacial score (nSPS) is 17.1. The first-order valence-corrected chi connectivity index (χ1v) is 8.14. The van der Waals surface area contributed by atoms with Gasteiger partial charge in [0, 0.05) is 25.4 Å². The number of hydrogen-bond donors (Lipinski definition) is 2. The highest BCUT2D eigenvalue weighted by atomic mass is 16.2. The molecule has 1 aromatic carbocycles. The molecule has 130 valence electrons. The summed E-state index contributed by atoms with van der Waals surface area (Å²) in [7, 11) is 0. The molecule has 6 heteroatoms. The number of fused-ring (bicyclic) bond motifs is 1. The van der Waals surface area contributed by atoms with E-state index >= 15 is 0 Å². The second-order valence-electron chi connectivity index (χ2n) is 6.96. The summed E-state index contributed by atoms with van der Waals surface area (Å²) in [6.45, 7) is 5.64. The van der Waals surface area contributed by atoms with Crippen molar-refractivity contribution in [3.05, 3.63) is 35.4 Å². The Kier molecular flexibility index (Phi) is 5.26. The maximum atomic E-state index is 12.5. The summed E-state index contributed by atoms with van der Waals surface area (Å²) < 4.78 is 0. The summed E-state index contributed by atoms with van der Waals surface area (Å²) in [6.07, 6.45) is 1.02. The first-order chi connectivity index (χ1) is 11.2. The Morgan fingerprint density at radius 3 is 2.58 bits per heavy atom. The molecule has 0 radical (unpaired) electrons. The molecule has 1 atom stereocenters. The number of nitrogens with one attached hydrogen (secondary N) is 1. The van der Waals surface area contributed by atoms with Crippen molar-refractivity contribution in [3.8, 4) is 0 Å². The van der Waals surface area contributed by atoms with Gasteiger partial charge >= 0.3 is 0 Å². The molecular formula is C18H25N3O3. The first-order valence-electron chi connectivity index (χ1n) is 8.14. The van der Waals surface area contributed by atoms with Crippen LogP contribution in [0.5, 0.6) is 0 Å². The van der Waals surface area contributed by atoms with Crippen molar-refractivity contribution in [2.45, 2.75) is 51.6 Å². The first kappa shape index (κ1) is 18.0. The monoisotopic (exact) mass is 331 g/mol. The zero-order valence-electron chi connectivity index (χ0n) is 14.5. The van der Waals surface area contributed by atoms with Crippen LogP contribution in [0, 0.1) is 0 Å². The zero-order valence-corrected chi connectivity index (χ0v) is 14.5. The van der Waals surface area contributed by atoms with Crippen LogP contribution in [0.15, 0.2) is 24.3 Å². The van der Waals surface area contributed by atoms with Gasteiger partial charge in [-0.15, -0.1) is 0 Å². The molecule has 0 spiro atoms. The van der Waals surface area contributed by atoms with Crippen molar-refractivity contribution < 1.29 is 14.4 Å². The molecule has 0 aliphatic carbocycles. The predicted molar refractivity (Wildman–Crippen MR) is 90.9 cm³/mol. The van der Waals surface area contributed by atoms with E-state index in [9.17, 15) is 14.4 Å². The molecule has 1 unspecified atom stereocenters. The van der Waals surface area contributed by atoms with Gasteiger partial charge in [-0.05, 0) is 31.4 Å². The fourth-order valence-electron chi connectivity index (χ4n) is 3.33. The number of carbonyl (C=O) groups excluding carboxylic acids is 3. The van der Waals surface area contributed by atoms with E-state index in [1.165, 1.54) is 12.5 Å². The van der Waals surface area contributed by atoms with E-state index in [1.807, 2.05) is 24.3 Å². The molecule has 24 heavy (non-hydrogen) atoms. The largest absolute Gasteiger partial charge is 0.370 e. The molecule has 0 saturated heterocycles. The summed E-state index contributed by atoms with van der Waals surface area (Å²) in [4.78, 5) is 37.3. The number of carbonyl (C=O) groups is 3. The second kappa shape index (κ2) is 7.03. The zero-order chi connectivity index (χ0) is 17.9. The van der Waals surface area contributed by atoms with Crippen molar-refractivity contribution in [2.75, 3.05) is 6.54 Å². The van der Waals surface area contributed by atoms with Crippen LogP contribution in [-0.4, -0.2) is 34.7 Å². The number of amides is 3. The lowest BCUT2D eigenvalue weighted by Crippen LogP contribution is -2.48. The van der Waals surface area contributed by atoms with Gasteiger partial charge in [0.25, 0.3) is 0 Å². The van der Waals surface area contributed by atoms with Crippen LogP contribution in [0.4, 0.5) is 0 Å². The van der Waals surface area contributed by atoms with Crippen molar-refractivity contribution >= 4 is 17.7 Å². The van der Waals surface area contributed by atoms with Crippen molar-refractivity contribution in [1.29, 1.82) is 0 Å². The third-order valence-corrected chi connectivity index (χ3v) is 4.29. The molecule has 0 bridgehead atoms. The van der Waals surface area contributed by atoms with Crippen molar-refractivity contribution in [2.24, 2.45) is 5.73 Å². The van der Waals surface area contributed by atoms with E-state index < -0.39 is 11.4 Å². The molecule has 0 saturated carbocycles.